The zero-order valence-electron chi connectivity index (χ0n) is 11.1. The Morgan fingerprint density at radius 1 is 1.26 bits per heavy atom. The molecule has 1 aliphatic rings. The van der Waals surface area contributed by atoms with Gasteiger partial charge < -0.3 is 10.2 Å². The molecule has 19 heavy (non-hydrogen) atoms. The summed E-state index contributed by atoms with van der Waals surface area (Å²) >= 11 is 0. The van der Waals surface area contributed by atoms with Gasteiger partial charge in [0, 0.05) is 20.1 Å². The average Bonchev–Trinajstić information content (AvgIpc) is 2.38. The van der Waals surface area contributed by atoms with Gasteiger partial charge in [0.15, 0.2) is 0 Å². The van der Waals surface area contributed by atoms with Crippen LogP contribution in [0.1, 0.15) is 25.3 Å². The third kappa shape index (κ3) is 3.30. The number of aromatic nitrogens is 1. The molecule has 0 spiro atoms. The van der Waals surface area contributed by atoms with Crippen LogP contribution in [0, 0.1) is 5.92 Å². The molecule has 1 aromatic heterocycles. The van der Waals surface area contributed by atoms with Gasteiger partial charge in [-0.25, -0.2) is 4.98 Å². The van der Waals surface area contributed by atoms with E-state index in [4.69, 9.17) is 0 Å². The maximum absolute atomic E-state index is 12.8. The summed E-state index contributed by atoms with van der Waals surface area (Å²) in [6.07, 6.45) is -2.36. The lowest BCUT2D eigenvalue weighted by molar-refractivity contribution is -0.137. The summed E-state index contributed by atoms with van der Waals surface area (Å²) in [5.41, 5.74) is -0.652. The second kappa shape index (κ2) is 5.27. The molecule has 3 nitrogen and oxygen atoms in total. The maximum atomic E-state index is 12.8. The van der Waals surface area contributed by atoms with Crippen molar-refractivity contribution in [3.8, 4) is 0 Å². The Morgan fingerprint density at radius 3 is 2.42 bits per heavy atom. The molecule has 1 aliphatic heterocycles. The van der Waals surface area contributed by atoms with E-state index in [1.807, 2.05) is 4.90 Å². The molecule has 1 aromatic rings. The van der Waals surface area contributed by atoms with Gasteiger partial charge in [0.25, 0.3) is 0 Å². The van der Waals surface area contributed by atoms with E-state index in [2.05, 4.69) is 17.2 Å². The van der Waals surface area contributed by atoms with Crippen molar-refractivity contribution in [3.63, 3.8) is 0 Å². The van der Waals surface area contributed by atoms with Gasteiger partial charge in [0.1, 0.15) is 11.6 Å². The number of nitrogens with zero attached hydrogens (tertiary/aromatic N) is 2. The van der Waals surface area contributed by atoms with E-state index in [0.29, 0.717) is 11.7 Å². The molecule has 6 heteroatoms. The lowest BCUT2D eigenvalue weighted by Crippen LogP contribution is -2.33. The predicted octanol–water partition coefficient (Wildman–Crippen LogP) is 3.38. The number of nitrogens with one attached hydrogen (secondary N) is 1. The first-order chi connectivity index (χ1) is 8.90. The van der Waals surface area contributed by atoms with Crippen molar-refractivity contribution in [2.75, 3.05) is 30.4 Å². The first kappa shape index (κ1) is 14.0. The van der Waals surface area contributed by atoms with Crippen LogP contribution in [0.25, 0.3) is 0 Å². The minimum Gasteiger partial charge on any atom is -0.373 e. The summed E-state index contributed by atoms with van der Waals surface area (Å²) in [5, 5.41) is 2.69. The van der Waals surface area contributed by atoms with Crippen LogP contribution in [0.4, 0.5) is 24.8 Å². The molecule has 0 atom stereocenters. The first-order valence-electron chi connectivity index (χ1n) is 6.42. The van der Waals surface area contributed by atoms with E-state index in [0.717, 1.165) is 38.1 Å². The zero-order valence-corrected chi connectivity index (χ0v) is 11.1. The predicted molar refractivity (Wildman–Crippen MR) is 69.4 cm³/mol. The van der Waals surface area contributed by atoms with Crippen LogP contribution in [0.2, 0.25) is 0 Å². The summed E-state index contributed by atoms with van der Waals surface area (Å²) in [5.74, 6) is 1.29. The minimum atomic E-state index is -4.34. The molecule has 106 valence electrons. The Kier molecular flexibility index (Phi) is 3.87. The third-order valence-electron chi connectivity index (χ3n) is 3.50. The van der Waals surface area contributed by atoms with Gasteiger partial charge in [-0.2, -0.15) is 13.2 Å². The maximum Gasteiger partial charge on any atom is 0.416 e. The van der Waals surface area contributed by atoms with Gasteiger partial charge in [-0.05, 0) is 30.9 Å². The molecule has 2 heterocycles. The highest BCUT2D eigenvalue weighted by atomic mass is 19.4. The molecule has 0 amide bonds. The minimum absolute atomic E-state index is 0.253. The van der Waals surface area contributed by atoms with Crippen LogP contribution in [0.3, 0.4) is 0 Å². The number of pyridine rings is 1. The number of hydrogen-bond acceptors (Lipinski definition) is 3. The fraction of sp³-hybridized carbons (Fsp3) is 0.615. The molecule has 2 rings (SSSR count). The van der Waals surface area contributed by atoms with Gasteiger partial charge in [-0.15, -0.1) is 0 Å². The van der Waals surface area contributed by atoms with Crippen LogP contribution < -0.4 is 10.2 Å². The molecule has 0 radical (unpaired) electrons. The molecule has 0 aromatic carbocycles. The number of anilines is 2. The standard InChI is InChI=1S/C13H18F3N3/c1-9-3-5-19(6-4-9)12-8-10(13(14,15)16)7-11(17-2)18-12/h7-9H,3-6H2,1-2H3,(H,17,18). The van der Waals surface area contributed by atoms with Crippen LogP contribution in [0.5, 0.6) is 0 Å². The monoisotopic (exact) mass is 273 g/mol. The van der Waals surface area contributed by atoms with Crippen molar-refractivity contribution in [1.29, 1.82) is 0 Å². The fourth-order valence-corrected chi connectivity index (χ4v) is 2.21. The van der Waals surface area contributed by atoms with Crippen molar-refractivity contribution >= 4 is 11.6 Å². The number of rotatable bonds is 2. The largest absolute Gasteiger partial charge is 0.416 e. The second-order valence-electron chi connectivity index (χ2n) is 5.02. The molecule has 0 aliphatic carbocycles. The normalized spacial score (nSPS) is 17.6. The van der Waals surface area contributed by atoms with E-state index in [1.54, 1.807) is 7.05 Å². The number of alkyl halides is 3. The van der Waals surface area contributed by atoms with Gasteiger partial charge in [-0.3, -0.25) is 0 Å². The average molecular weight is 273 g/mol. The zero-order chi connectivity index (χ0) is 14.0. The lowest BCUT2D eigenvalue weighted by atomic mass is 9.99. The second-order valence-corrected chi connectivity index (χ2v) is 5.02. The highest BCUT2D eigenvalue weighted by Crippen LogP contribution is 2.33. The van der Waals surface area contributed by atoms with Crippen molar-refractivity contribution in [2.45, 2.75) is 25.9 Å². The number of hydrogen-bond donors (Lipinski definition) is 1. The number of halogens is 3. The molecule has 0 unspecified atom stereocenters. The van der Waals surface area contributed by atoms with Crippen molar-refractivity contribution in [1.82, 2.24) is 4.98 Å². The Hall–Kier alpha value is -1.46. The molecule has 1 N–H and O–H groups in total. The molecular weight excluding hydrogens is 255 g/mol. The van der Waals surface area contributed by atoms with Crippen LogP contribution >= 0.6 is 0 Å². The Balaban J connectivity index is 2.29. The Morgan fingerprint density at radius 2 is 1.89 bits per heavy atom. The Bertz CT molecular complexity index is 437. The summed E-state index contributed by atoms with van der Waals surface area (Å²) in [4.78, 5) is 6.16. The van der Waals surface area contributed by atoms with Crippen LogP contribution in [-0.4, -0.2) is 25.1 Å². The molecule has 1 fully saturated rings. The molecule has 0 saturated carbocycles. The smallest absolute Gasteiger partial charge is 0.373 e. The summed E-state index contributed by atoms with van der Waals surface area (Å²) in [6.45, 7) is 3.69. The Labute approximate surface area is 110 Å². The van der Waals surface area contributed by atoms with Gasteiger partial charge >= 0.3 is 6.18 Å². The highest BCUT2D eigenvalue weighted by molar-refractivity contribution is 5.51. The fourth-order valence-electron chi connectivity index (χ4n) is 2.21. The summed E-state index contributed by atoms with van der Waals surface area (Å²) < 4.78 is 38.5. The van der Waals surface area contributed by atoms with Gasteiger partial charge in [0.05, 0.1) is 5.56 Å². The van der Waals surface area contributed by atoms with E-state index in [1.165, 1.54) is 0 Å². The van der Waals surface area contributed by atoms with Crippen molar-refractivity contribution in [2.24, 2.45) is 5.92 Å². The highest BCUT2D eigenvalue weighted by Gasteiger charge is 2.32. The summed E-state index contributed by atoms with van der Waals surface area (Å²) in [7, 11) is 1.57. The molecule has 0 bridgehead atoms. The SMILES string of the molecule is CNc1cc(C(F)(F)F)cc(N2CCC(C)CC2)n1. The van der Waals surface area contributed by atoms with E-state index in [9.17, 15) is 13.2 Å². The topological polar surface area (TPSA) is 28.2 Å². The van der Waals surface area contributed by atoms with Crippen LogP contribution in [0.15, 0.2) is 12.1 Å². The van der Waals surface area contributed by atoms with E-state index >= 15 is 0 Å². The third-order valence-corrected chi connectivity index (χ3v) is 3.50. The van der Waals surface area contributed by atoms with Crippen molar-refractivity contribution < 1.29 is 13.2 Å². The quantitative estimate of drug-likeness (QED) is 0.895. The van der Waals surface area contributed by atoms with Crippen LogP contribution in [-0.2, 0) is 6.18 Å². The van der Waals surface area contributed by atoms with Crippen molar-refractivity contribution in [3.05, 3.63) is 17.7 Å². The van der Waals surface area contributed by atoms with E-state index in [-0.39, 0.29) is 5.82 Å². The first-order valence-corrected chi connectivity index (χ1v) is 6.42. The van der Waals surface area contributed by atoms with E-state index < -0.39 is 11.7 Å². The molecular formula is C13H18F3N3. The summed E-state index contributed by atoms with van der Waals surface area (Å²) in [6, 6.07) is 2.17. The van der Waals surface area contributed by atoms with Gasteiger partial charge in [0.2, 0.25) is 0 Å². The lowest BCUT2D eigenvalue weighted by Gasteiger charge is -2.31. The van der Waals surface area contributed by atoms with Gasteiger partial charge in [-0.1, -0.05) is 6.92 Å². The number of piperidine rings is 1. The molecule has 1 saturated heterocycles.